The summed E-state index contributed by atoms with van der Waals surface area (Å²) in [6, 6.07) is 17.0. The quantitative estimate of drug-likeness (QED) is 0.539. The van der Waals surface area contributed by atoms with Crippen molar-refractivity contribution in [1.29, 1.82) is 0 Å². The maximum atomic E-state index is 13.0. The fraction of sp³-hybridized carbons (Fsp3) is 0.294. The summed E-state index contributed by atoms with van der Waals surface area (Å²) in [5.41, 5.74) is 2.12. The highest BCUT2D eigenvalue weighted by atomic mass is 127. The average molecular weight is 442 g/mol. The number of para-hydroxylation sites is 1. The molecule has 1 atom stereocenters. The standard InChI is InChI=1S/C17H19IN2O2S/c1-14-7-9-17(10-8-14)23(21,22)20-13-19(12-16(20)11-18)15-5-3-2-4-6-15/h2-10,16H,11-13H2,1H3. The van der Waals surface area contributed by atoms with Crippen LogP contribution in [0.15, 0.2) is 59.5 Å². The normalized spacial score (nSPS) is 19.2. The van der Waals surface area contributed by atoms with Gasteiger partial charge >= 0.3 is 0 Å². The summed E-state index contributed by atoms with van der Waals surface area (Å²) in [7, 11) is -3.47. The Morgan fingerprint density at radius 1 is 1.09 bits per heavy atom. The van der Waals surface area contributed by atoms with Gasteiger partial charge in [-0.15, -0.1) is 0 Å². The van der Waals surface area contributed by atoms with Crippen LogP contribution in [0.4, 0.5) is 5.69 Å². The minimum absolute atomic E-state index is 0.0119. The number of sulfonamides is 1. The molecule has 0 aliphatic carbocycles. The smallest absolute Gasteiger partial charge is 0.244 e. The van der Waals surface area contributed by atoms with Gasteiger partial charge in [-0.25, -0.2) is 8.42 Å². The van der Waals surface area contributed by atoms with Gasteiger partial charge in [-0.2, -0.15) is 4.31 Å². The number of aryl methyl sites for hydroxylation is 1. The lowest BCUT2D eigenvalue weighted by molar-refractivity contribution is 0.422. The van der Waals surface area contributed by atoms with Crippen LogP contribution in [-0.2, 0) is 10.0 Å². The zero-order valence-corrected chi connectivity index (χ0v) is 15.9. The molecule has 0 saturated carbocycles. The van der Waals surface area contributed by atoms with Crippen LogP contribution in [0.3, 0.4) is 0 Å². The molecule has 2 aromatic carbocycles. The van der Waals surface area contributed by atoms with E-state index in [0.29, 0.717) is 11.6 Å². The second-order valence-corrected chi connectivity index (χ2v) is 8.48. The summed E-state index contributed by atoms with van der Waals surface area (Å²) in [5, 5.41) is 0. The van der Waals surface area contributed by atoms with Crippen molar-refractivity contribution in [1.82, 2.24) is 4.31 Å². The van der Waals surface area contributed by atoms with Gasteiger partial charge < -0.3 is 4.90 Å². The predicted molar refractivity (Wildman–Crippen MR) is 102 cm³/mol. The van der Waals surface area contributed by atoms with Gasteiger partial charge in [-0.1, -0.05) is 58.5 Å². The van der Waals surface area contributed by atoms with Crippen LogP contribution in [0.2, 0.25) is 0 Å². The first-order valence-corrected chi connectivity index (χ1v) is 10.4. The highest BCUT2D eigenvalue weighted by Gasteiger charge is 2.38. The summed E-state index contributed by atoms with van der Waals surface area (Å²) in [6.07, 6.45) is 0. The zero-order chi connectivity index (χ0) is 16.4. The third-order valence-electron chi connectivity index (χ3n) is 4.08. The van der Waals surface area contributed by atoms with Crippen molar-refractivity contribution < 1.29 is 8.42 Å². The molecule has 1 saturated heterocycles. The number of nitrogens with zero attached hydrogens (tertiary/aromatic N) is 2. The molecule has 0 aromatic heterocycles. The van der Waals surface area contributed by atoms with Crippen molar-refractivity contribution in [2.45, 2.75) is 17.9 Å². The van der Waals surface area contributed by atoms with Crippen LogP contribution in [0.1, 0.15) is 5.56 Å². The molecule has 1 unspecified atom stereocenters. The van der Waals surface area contributed by atoms with Crippen LogP contribution >= 0.6 is 22.6 Å². The molecule has 0 spiro atoms. The molecule has 0 bridgehead atoms. The fourth-order valence-electron chi connectivity index (χ4n) is 2.76. The third kappa shape index (κ3) is 3.39. The van der Waals surface area contributed by atoms with E-state index in [1.54, 1.807) is 16.4 Å². The molecule has 2 aromatic rings. The summed E-state index contributed by atoms with van der Waals surface area (Å²) in [4.78, 5) is 2.49. The minimum atomic E-state index is -3.47. The Morgan fingerprint density at radius 3 is 2.35 bits per heavy atom. The van der Waals surface area contributed by atoms with Crippen molar-refractivity contribution in [3.05, 3.63) is 60.2 Å². The van der Waals surface area contributed by atoms with E-state index in [1.165, 1.54) is 0 Å². The summed E-state index contributed by atoms with van der Waals surface area (Å²) >= 11 is 2.27. The fourth-order valence-corrected chi connectivity index (χ4v) is 5.35. The molecule has 1 aliphatic rings. The van der Waals surface area contributed by atoms with E-state index in [0.717, 1.165) is 22.2 Å². The summed E-state index contributed by atoms with van der Waals surface area (Å²) in [5.74, 6) is 0. The van der Waals surface area contributed by atoms with Gasteiger partial charge in [0, 0.05) is 16.7 Å². The van der Waals surface area contributed by atoms with E-state index in [1.807, 2.05) is 49.4 Å². The van der Waals surface area contributed by atoms with E-state index >= 15 is 0 Å². The van der Waals surface area contributed by atoms with Crippen molar-refractivity contribution in [2.75, 3.05) is 22.5 Å². The summed E-state index contributed by atoms with van der Waals surface area (Å²) in [6.45, 7) is 3.07. The highest BCUT2D eigenvalue weighted by Crippen LogP contribution is 2.28. The average Bonchev–Trinajstić information content (AvgIpc) is 3.01. The monoisotopic (exact) mass is 442 g/mol. The number of hydrogen-bond donors (Lipinski definition) is 0. The molecule has 6 heteroatoms. The second-order valence-electron chi connectivity index (χ2n) is 5.71. The van der Waals surface area contributed by atoms with E-state index in [9.17, 15) is 8.42 Å². The van der Waals surface area contributed by atoms with Crippen molar-refractivity contribution >= 4 is 38.3 Å². The number of rotatable bonds is 4. The lowest BCUT2D eigenvalue weighted by atomic mass is 10.2. The Labute approximate surface area is 151 Å². The highest BCUT2D eigenvalue weighted by molar-refractivity contribution is 14.1. The largest absolute Gasteiger partial charge is 0.356 e. The Bertz CT molecular complexity index is 763. The van der Waals surface area contributed by atoms with Gasteiger partial charge in [0.25, 0.3) is 0 Å². The number of hydrogen-bond acceptors (Lipinski definition) is 3. The molecular formula is C17H19IN2O2S. The Hall–Kier alpha value is -1.12. The van der Waals surface area contributed by atoms with Crippen LogP contribution in [-0.4, -0.2) is 36.4 Å². The van der Waals surface area contributed by atoms with Gasteiger partial charge in [0.05, 0.1) is 17.6 Å². The number of halogens is 1. The maximum Gasteiger partial charge on any atom is 0.244 e. The number of benzene rings is 2. The minimum Gasteiger partial charge on any atom is -0.356 e. The number of anilines is 1. The molecule has 122 valence electrons. The first kappa shape index (κ1) is 16.7. The molecule has 23 heavy (non-hydrogen) atoms. The number of alkyl halides is 1. The Balaban J connectivity index is 1.90. The van der Waals surface area contributed by atoms with Gasteiger partial charge in [0.15, 0.2) is 0 Å². The lowest BCUT2D eigenvalue weighted by Crippen LogP contribution is -2.37. The van der Waals surface area contributed by atoms with Gasteiger partial charge in [0.2, 0.25) is 10.0 Å². The molecule has 1 aliphatic heterocycles. The SMILES string of the molecule is Cc1ccc(S(=O)(=O)N2CN(c3ccccc3)CC2CI)cc1. The first-order valence-electron chi connectivity index (χ1n) is 7.47. The van der Waals surface area contributed by atoms with Crippen LogP contribution in [0.25, 0.3) is 0 Å². The molecule has 0 amide bonds. The summed E-state index contributed by atoms with van der Waals surface area (Å²) < 4.78 is 28.4. The topological polar surface area (TPSA) is 40.6 Å². The van der Waals surface area contributed by atoms with E-state index < -0.39 is 10.0 Å². The van der Waals surface area contributed by atoms with Crippen LogP contribution in [0.5, 0.6) is 0 Å². The van der Waals surface area contributed by atoms with Gasteiger partial charge in [-0.05, 0) is 31.2 Å². The first-order chi connectivity index (χ1) is 11.0. The third-order valence-corrected chi connectivity index (χ3v) is 6.99. The van der Waals surface area contributed by atoms with Gasteiger partial charge in [0.1, 0.15) is 0 Å². The Morgan fingerprint density at radius 2 is 1.74 bits per heavy atom. The molecule has 1 fully saturated rings. The second kappa shape index (κ2) is 6.78. The maximum absolute atomic E-state index is 13.0. The lowest BCUT2D eigenvalue weighted by Gasteiger charge is -2.21. The molecule has 0 radical (unpaired) electrons. The van der Waals surface area contributed by atoms with Crippen molar-refractivity contribution in [3.8, 4) is 0 Å². The zero-order valence-electron chi connectivity index (χ0n) is 12.9. The van der Waals surface area contributed by atoms with Crippen LogP contribution in [0, 0.1) is 6.92 Å². The molecular weight excluding hydrogens is 423 g/mol. The van der Waals surface area contributed by atoms with E-state index in [-0.39, 0.29) is 6.04 Å². The van der Waals surface area contributed by atoms with Crippen molar-refractivity contribution in [2.24, 2.45) is 0 Å². The predicted octanol–water partition coefficient (Wildman–Crippen LogP) is 3.27. The van der Waals surface area contributed by atoms with Crippen molar-refractivity contribution in [3.63, 3.8) is 0 Å². The molecule has 1 heterocycles. The molecule has 3 rings (SSSR count). The van der Waals surface area contributed by atoms with E-state index in [2.05, 4.69) is 27.5 Å². The molecule has 0 N–H and O–H groups in total. The van der Waals surface area contributed by atoms with E-state index in [4.69, 9.17) is 0 Å². The van der Waals surface area contributed by atoms with Crippen LogP contribution < -0.4 is 4.90 Å². The molecule has 4 nitrogen and oxygen atoms in total. The Kier molecular flexibility index (Phi) is 4.93. The van der Waals surface area contributed by atoms with Gasteiger partial charge in [-0.3, -0.25) is 0 Å².